The lowest BCUT2D eigenvalue weighted by Gasteiger charge is -2.33. The third kappa shape index (κ3) is 6.63. The van der Waals surface area contributed by atoms with Gasteiger partial charge in [0.15, 0.2) is 11.5 Å². The Balaban J connectivity index is 1.29. The average Bonchev–Trinajstić information content (AvgIpc) is 3.45. The smallest absolute Gasteiger partial charge is 0.251 e. The van der Waals surface area contributed by atoms with Gasteiger partial charge in [0.25, 0.3) is 11.8 Å². The standard InChI is InChI=1S/C30H36N8O3/c1-30(2,3)22-10-6-21(7-11-22)28(41)34-24-5-4-16-37(19-24)29-35-25(26-31-14-17-38(26)36-29)33-23-12-8-20(9-13-23)27(40)32-15-18-39/h6-14,17,24,39H,4-5,15-16,18-19H2,1-3H3,(H,32,40)(H,34,41)(H,33,35,36)/t24-/m1/s1. The first-order chi connectivity index (χ1) is 19.7. The van der Waals surface area contributed by atoms with E-state index < -0.39 is 0 Å². The number of nitrogens with zero attached hydrogens (tertiary/aromatic N) is 5. The molecule has 1 fully saturated rings. The van der Waals surface area contributed by atoms with Crippen LogP contribution in [0.3, 0.4) is 0 Å². The van der Waals surface area contributed by atoms with Crippen molar-refractivity contribution < 1.29 is 14.7 Å². The van der Waals surface area contributed by atoms with Crippen molar-refractivity contribution in [1.29, 1.82) is 0 Å². The van der Waals surface area contributed by atoms with Crippen molar-refractivity contribution in [2.45, 2.75) is 45.1 Å². The van der Waals surface area contributed by atoms with Crippen molar-refractivity contribution in [3.05, 3.63) is 77.6 Å². The van der Waals surface area contributed by atoms with E-state index in [4.69, 9.17) is 10.1 Å². The Hall–Kier alpha value is -4.51. The molecule has 4 N–H and O–H groups in total. The number of hydrogen-bond donors (Lipinski definition) is 4. The number of aliphatic hydroxyl groups excluding tert-OH is 1. The molecule has 0 saturated carbocycles. The lowest BCUT2D eigenvalue weighted by atomic mass is 9.86. The van der Waals surface area contributed by atoms with Gasteiger partial charge in [-0.15, -0.1) is 5.10 Å². The first-order valence-electron chi connectivity index (χ1n) is 13.8. The summed E-state index contributed by atoms with van der Waals surface area (Å²) in [7, 11) is 0. The Bertz CT molecular complexity index is 1510. The van der Waals surface area contributed by atoms with Crippen molar-refractivity contribution in [2.75, 3.05) is 36.5 Å². The second kappa shape index (κ2) is 11.9. The maximum absolute atomic E-state index is 13.0. The average molecular weight is 557 g/mol. The molecule has 11 heteroatoms. The number of fused-ring (bicyclic) bond motifs is 1. The normalized spacial score (nSPS) is 15.5. The summed E-state index contributed by atoms with van der Waals surface area (Å²) in [6.07, 6.45) is 5.20. The van der Waals surface area contributed by atoms with Gasteiger partial charge in [0.2, 0.25) is 5.95 Å². The van der Waals surface area contributed by atoms with E-state index >= 15 is 0 Å². The van der Waals surface area contributed by atoms with Gasteiger partial charge in [0, 0.05) is 54.9 Å². The molecule has 0 aliphatic carbocycles. The molecule has 0 spiro atoms. The summed E-state index contributed by atoms with van der Waals surface area (Å²) in [6, 6.07) is 14.8. The Morgan fingerprint density at radius 2 is 1.73 bits per heavy atom. The Kier molecular flexibility index (Phi) is 8.16. The minimum absolute atomic E-state index is 0.0313. The third-order valence-corrected chi connectivity index (χ3v) is 7.10. The van der Waals surface area contributed by atoms with E-state index in [9.17, 15) is 9.59 Å². The second-order valence-corrected chi connectivity index (χ2v) is 11.2. The Morgan fingerprint density at radius 3 is 2.44 bits per heavy atom. The summed E-state index contributed by atoms with van der Waals surface area (Å²) in [4.78, 5) is 36.4. The summed E-state index contributed by atoms with van der Waals surface area (Å²) >= 11 is 0. The number of aromatic nitrogens is 4. The summed E-state index contributed by atoms with van der Waals surface area (Å²) < 4.78 is 1.68. The molecule has 3 heterocycles. The van der Waals surface area contributed by atoms with Crippen LogP contribution in [0.25, 0.3) is 5.65 Å². The summed E-state index contributed by atoms with van der Waals surface area (Å²) in [5.41, 5.74) is 3.66. The molecule has 1 saturated heterocycles. The van der Waals surface area contributed by atoms with E-state index in [0.29, 0.717) is 35.1 Å². The molecule has 4 aromatic rings. The number of carbonyl (C=O) groups excluding carboxylic acids is 2. The third-order valence-electron chi connectivity index (χ3n) is 7.10. The van der Waals surface area contributed by atoms with E-state index in [-0.39, 0.29) is 36.4 Å². The SMILES string of the molecule is CC(C)(C)c1ccc(C(=O)N[C@@H]2CCCN(c3nc(Nc4ccc(C(=O)NCCO)cc4)c4nccn4n3)C2)cc1. The van der Waals surface area contributed by atoms with Crippen LogP contribution in [-0.4, -0.2) is 68.8 Å². The summed E-state index contributed by atoms with van der Waals surface area (Å²) in [5.74, 6) is 0.729. The van der Waals surface area contributed by atoms with Crippen LogP contribution < -0.4 is 20.9 Å². The van der Waals surface area contributed by atoms with Crippen molar-refractivity contribution in [2.24, 2.45) is 0 Å². The predicted octanol–water partition coefficient (Wildman–Crippen LogP) is 3.29. The lowest BCUT2D eigenvalue weighted by molar-refractivity contribution is 0.0929. The zero-order valence-electron chi connectivity index (χ0n) is 23.6. The molecule has 1 aliphatic heterocycles. The molecule has 1 aliphatic rings. The predicted molar refractivity (Wildman–Crippen MR) is 158 cm³/mol. The number of rotatable bonds is 8. The highest BCUT2D eigenvalue weighted by Crippen LogP contribution is 2.25. The summed E-state index contributed by atoms with van der Waals surface area (Å²) in [6.45, 7) is 7.90. The molecule has 5 rings (SSSR count). The van der Waals surface area contributed by atoms with Gasteiger partial charge >= 0.3 is 0 Å². The van der Waals surface area contributed by atoms with Gasteiger partial charge in [-0.05, 0) is 60.2 Å². The number of imidazole rings is 1. The highest BCUT2D eigenvalue weighted by molar-refractivity contribution is 5.95. The number of nitrogens with one attached hydrogen (secondary N) is 3. The molecule has 1 atom stereocenters. The van der Waals surface area contributed by atoms with Gasteiger partial charge < -0.3 is 26.0 Å². The van der Waals surface area contributed by atoms with Crippen molar-refractivity contribution >= 4 is 34.9 Å². The van der Waals surface area contributed by atoms with Gasteiger partial charge in [0.05, 0.1) is 6.61 Å². The molecule has 2 aromatic heterocycles. The first kappa shape index (κ1) is 28.0. The van der Waals surface area contributed by atoms with Gasteiger partial charge in [-0.3, -0.25) is 9.59 Å². The van der Waals surface area contributed by atoms with Crippen LogP contribution in [0.1, 0.15) is 59.9 Å². The fraction of sp³-hybridized carbons (Fsp3) is 0.367. The zero-order chi connectivity index (χ0) is 29.0. The number of anilines is 3. The number of hydrogen-bond acceptors (Lipinski definition) is 8. The number of benzene rings is 2. The van der Waals surface area contributed by atoms with Gasteiger partial charge in [-0.1, -0.05) is 32.9 Å². The van der Waals surface area contributed by atoms with Crippen LogP contribution in [0, 0.1) is 0 Å². The van der Waals surface area contributed by atoms with Crippen molar-refractivity contribution in [3.8, 4) is 0 Å². The quantitative estimate of drug-likeness (QED) is 0.260. The monoisotopic (exact) mass is 556 g/mol. The van der Waals surface area contributed by atoms with Gasteiger partial charge in [0.1, 0.15) is 0 Å². The number of carbonyl (C=O) groups is 2. The first-order valence-corrected chi connectivity index (χ1v) is 13.8. The Morgan fingerprint density at radius 1 is 1.02 bits per heavy atom. The second-order valence-electron chi connectivity index (χ2n) is 11.2. The zero-order valence-corrected chi connectivity index (χ0v) is 23.6. The van der Waals surface area contributed by atoms with E-state index in [1.807, 2.05) is 24.3 Å². The molecular formula is C30H36N8O3. The van der Waals surface area contributed by atoms with Crippen LogP contribution in [0.5, 0.6) is 0 Å². The topological polar surface area (TPSA) is 137 Å². The van der Waals surface area contributed by atoms with Crippen LogP contribution in [0.2, 0.25) is 0 Å². The number of aliphatic hydroxyl groups is 1. The van der Waals surface area contributed by atoms with Crippen molar-refractivity contribution in [3.63, 3.8) is 0 Å². The lowest BCUT2D eigenvalue weighted by Crippen LogP contribution is -2.48. The number of piperidine rings is 1. The van der Waals surface area contributed by atoms with E-state index in [1.165, 1.54) is 5.56 Å². The summed E-state index contributed by atoms with van der Waals surface area (Å²) in [5, 5.41) is 22.7. The van der Waals surface area contributed by atoms with Gasteiger partial charge in [-0.2, -0.15) is 4.98 Å². The van der Waals surface area contributed by atoms with Crippen LogP contribution in [0.4, 0.5) is 17.5 Å². The van der Waals surface area contributed by atoms with E-state index in [1.54, 1.807) is 41.2 Å². The molecule has 2 amide bonds. The minimum atomic E-state index is -0.251. The van der Waals surface area contributed by atoms with Crippen LogP contribution >= 0.6 is 0 Å². The minimum Gasteiger partial charge on any atom is -0.395 e. The van der Waals surface area contributed by atoms with E-state index in [2.05, 4.69) is 51.7 Å². The maximum Gasteiger partial charge on any atom is 0.251 e. The molecule has 0 unspecified atom stereocenters. The van der Waals surface area contributed by atoms with E-state index in [0.717, 1.165) is 25.1 Å². The van der Waals surface area contributed by atoms with Crippen LogP contribution in [0.15, 0.2) is 60.9 Å². The fourth-order valence-electron chi connectivity index (χ4n) is 4.81. The fourth-order valence-corrected chi connectivity index (χ4v) is 4.81. The van der Waals surface area contributed by atoms with Gasteiger partial charge in [-0.25, -0.2) is 9.50 Å². The molecule has 214 valence electrons. The molecule has 0 radical (unpaired) electrons. The molecule has 2 aromatic carbocycles. The van der Waals surface area contributed by atoms with Crippen molar-refractivity contribution in [1.82, 2.24) is 30.2 Å². The van der Waals surface area contributed by atoms with Crippen LogP contribution in [-0.2, 0) is 5.41 Å². The highest BCUT2D eigenvalue weighted by atomic mass is 16.3. The largest absolute Gasteiger partial charge is 0.395 e. The molecule has 0 bridgehead atoms. The molecular weight excluding hydrogens is 520 g/mol. The number of amides is 2. The molecule has 41 heavy (non-hydrogen) atoms. The molecule has 11 nitrogen and oxygen atoms in total. The maximum atomic E-state index is 13.0. The highest BCUT2D eigenvalue weighted by Gasteiger charge is 2.25. The Labute approximate surface area is 239 Å².